The van der Waals surface area contributed by atoms with Crippen LogP contribution in [0, 0.1) is 5.92 Å². The van der Waals surface area contributed by atoms with E-state index in [4.69, 9.17) is 4.74 Å². The number of carbonyl (C=O) groups is 1. The van der Waals surface area contributed by atoms with Crippen molar-refractivity contribution < 1.29 is 17.9 Å². The Morgan fingerprint density at radius 3 is 2.29 bits per heavy atom. The zero-order chi connectivity index (χ0) is 12.5. The molecular formula is C12H14O4S. The molecule has 0 bridgehead atoms. The van der Waals surface area contributed by atoms with Gasteiger partial charge in [0, 0.05) is 5.56 Å². The van der Waals surface area contributed by atoms with Crippen LogP contribution in [0.4, 0.5) is 0 Å². The van der Waals surface area contributed by atoms with Crippen molar-refractivity contribution in [3.8, 4) is 0 Å². The molecule has 0 radical (unpaired) electrons. The predicted molar refractivity (Wildman–Crippen MR) is 62.8 cm³/mol. The summed E-state index contributed by atoms with van der Waals surface area (Å²) in [4.78, 5) is 12.1. The standard InChI is InChI=1S/C12H14O4S/c1-2-17(14,15)11-5-3-9(4-6-11)12(13)10-7-16-8-10/h3-6,10H,2,7-8H2,1H3. The lowest BCUT2D eigenvalue weighted by Crippen LogP contribution is -2.34. The van der Waals surface area contributed by atoms with Crippen molar-refractivity contribution in [2.75, 3.05) is 19.0 Å². The van der Waals surface area contributed by atoms with E-state index in [1.807, 2.05) is 0 Å². The van der Waals surface area contributed by atoms with E-state index in [2.05, 4.69) is 0 Å². The average Bonchev–Trinajstić information content (AvgIpc) is 2.27. The molecule has 0 aromatic heterocycles. The zero-order valence-corrected chi connectivity index (χ0v) is 10.4. The summed E-state index contributed by atoms with van der Waals surface area (Å²) in [5, 5.41) is 0. The van der Waals surface area contributed by atoms with Gasteiger partial charge in [-0.05, 0) is 12.1 Å². The molecule has 0 N–H and O–H groups in total. The van der Waals surface area contributed by atoms with Gasteiger partial charge in [0.25, 0.3) is 0 Å². The Kier molecular flexibility index (Phi) is 3.31. The summed E-state index contributed by atoms with van der Waals surface area (Å²) in [7, 11) is -3.19. The lowest BCUT2D eigenvalue weighted by atomic mass is 9.96. The van der Waals surface area contributed by atoms with Gasteiger partial charge in [0.2, 0.25) is 0 Å². The topological polar surface area (TPSA) is 60.4 Å². The number of ether oxygens (including phenoxy) is 1. The van der Waals surface area contributed by atoms with Crippen LogP contribution in [0.2, 0.25) is 0 Å². The fraction of sp³-hybridized carbons (Fsp3) is 0.417. The molecule has 1 fully saturated rings. The number of hydrogen-bond acceptors (Lipinski definition) is 4. The van der Waals surface area contributed by atoms with Gasteiger partial charge in [0.05, 0.1) is 29.8 Å². The highest BCUT2D eigenvalue weighted by molar-refractivity contribution is 7.91. The summed E-state index contributed by atoms with van der Waals surface area (Å²) < 4.78 is 28.1. The van der Waals surface area contributed by atoms with Gasteiger partial charge in [-0.15, -0.1) is 0 Å². The number of hydrogen-bond donors (Lipinski definition) is 0. The van der Waals surface area contributed by atoms with Crippen LogP contribution < -0.4 is 0 Å². The maximum absolute atomic E-state index is 11.8. The summed E-state index contributed by atoms with van der Waals surface area (Å²) >= 11 is 0. The molecule has 1 aromatic carbocycles. The lowest BCUT2D eigenvalue weighted by molar-refractivity contribution is -0.0194. The molecule has 92 valence electrons. The predicted octanol–water partition coefficient (Wildman–Crippen LogP) is 1.31. The number of Topliss-reactive ketones (excluding diaryl/α,β-unsaturated/α-hetero) is 1. The summed E-state index contributed by atoms with van der Waals surface area (Å²) in [5.74, 6) is 0.0249. The maximum atomic E-state index is 11.8. The van der Waals surface area contributed by atoms with Crippen LogP contribution in [0.25, 0.3) is 0 Å². The fourth-order valence-electron chi connectivity index (χ4n) is 1.62. The number of sulfone groups is 1. The Morgan fingerprint density at radius 1 is 1.29 bits per heavy atom. The highest BCUT2D eigenvalue weighted by atomic mass is 32.2. The Balaban J connectivity index is 2.21. The van der Waals surface area contributed by atoms with Crippen molar-refractivity contribution in [2.45, 2.75) is 11.8 Å². The summed E-state index contributed by atoms with van der Waals surface area (Å²) in [6, 6.07) is 6.13. The van der Waals surface area contributed by atoms with E-state index in [0.29, 0.717) is 18.8 Å². The first kappa shape index (κ1) is 12.3. The van der Waals surface area contributed by atoms with Crippen LogP contribution in [-0.2, 0) is 14.6 Å². The Morgan fingerprint density at radius 2 is 1.88 bits per heavy atom. The monoisotopic (exact) mass is 254 g/mol. The number of benzene rings is 1. The molecule has 0 amide bonds. The minimum Gasteiger partial charge on any atom is -0.380 e. The summed E-state index contributed by atoms with van der Waals surface area (Å²) in [5.41, 5.74) is 0.549. The molecule has 1 aliphatic heterocycles. The molecule has 4 nitrogen and oxygen atoms in total. The van der Waals surface area contributed by atoms with Crippen LogP contribution in [0.5, 0.6) is 0 Å². The molecule has 1 aromatic rings. The first-order chi connectivity index (χ1) is 8.04. The van der Waals surface area contributed by atoms with E-state index in [0.717, 1.165) is 0 Å². The molecule has 0 aliphatic carbocycles. The van der Waals surface area contributed by atoms with E-state index in [9.17, 15) is 13.2 Å². The largest absolute Gasteiger partial charge is 0.380 e. The minimum atomic E-state index is -3.19. The number of ketones is 1. The fourth-order valence-corrected chi connectivity index (χ4v) is 2.50. The summed E-state index contributed by atoms with van der Waals surface area (Å²) in [6.45, 7) is 2.53. The first-order valence-corrected chi connectivity index (χ1v) is 7.14. The Bertz CT molecular complexity index is 512. The molecule has 1 aliphatic rings. The van der Waals surface area contributed by atoms with Gasteiger partial charge in [-0.25, -0.2) is 8.42 Å². The third kappa shape index (κ3) is 2.40. The second-order valence-electron chi connectivity index (χ2n) is 4.03. The molecule has 5 heteroatoms. The van der Waals surface area contributed by atoms with Gasteiger partial charge in [-0.3, -0.25) is 4.79 Å². The SMILES string of the molecule is CCS(=O)(=O)c1ccc(C(=O)C2COC2)cc1. The van der Waals surface area contributed by atoms with Crippen molar-refractivity contribution in [3.05, 3.63) is 29.8 Å². The first-order valence-electron chi connectivity index (χ1n) is 5.49. The second-order valence-corrected chi connectivity index (χ2v) is 6.30. The highest BCUT2D eigenvalue weighted by Gasteiger charge is 2.27. The van der Waals surface area contributed by atoms with Crippen LogP contribution in [0.1, 0.15) is 17.3 Å². The van der Waals surface area contributed by atoms with E-state index < -0.39 is 9.84 Å². The Hall–Kier alpha value is -1.20. The van der Waals surface area contributed by atoms with Crippen molar-refractivity contribution in [1.82, 2.24) is 0 Å². The van der Waals surface area contributed by atoms with Crippen molar-refractivity contribution >= 4 is 15.6 Å². The smallest absolute Gasteiger partial charge is 0.178 e. The summed E-state index contributed by atoms with van der Waals surface area (Å²) in [6.07, 6.45) is 0. The normalized spacial score (nSPS) is 16.5. The van der Waals surface area contributed by atoms with Gasteiger partial charge in [0.15, 0.2) is 15.6 Å². The van der Waals surface area contributed by atoms with Crippen molar-refractivity contribution in [2.24, 2.45) is 5.92 Å². The van der Waals surface area contributed by atoms with Crippen molar-refractivity contribution in [1.29, 1.82) is 0 Å². The molecule has 0 atom stereocenters. The van der Waals surface area contributed by atoms with Crippen LogP contribution in [0.15, 0.2) is 29.2 Å². The molecule has 2 rings (SSSR count). The number of rotatable bonds is 4. The molecule has 1 saturated heterocycles. The molecule has 17 heavy (non-hydrogen) atoms. The van der Waals surface area contributed by atoms with Crippen LogP contribution >= 0.6 is 0 Å². The highest BCUT2D eigenvalue weighted by Crippen LogP contribution is 2.19. The Labute approximate surface area is 101 Å². The molecule has 0 saturated carbocycles. The zero-order valence-electron chi connectivity index (χ0n) is 9.55. The third-order valence-corrected chi connectivity index (χ3v) is 4.64. The van der Waals surface area contributed by atoms with Crippen molar-refractivity contribution in [3.63, 3.8) is 0 Å². The van der Waals surface area contributed by atoms with Crippen LogP contribution in [-0.4, -0.2) is 33.2 Å². The average molecular weight is 254 g/mol. The number of carbonyl (C=O) groups excluding carboxylic acids is 1. The maximum Gasteiger partial charge on any atom is 0.178 e. The van der Waals surface area contributed by atoms with E-state index in [1.54, 1.807) is 19.1 Å². The second kappa shape index (κ2) is 4.58. The third-order valence-electron chi connectivity index (χ3n) is 2.89. The minimum absolute atomic E-state index is 0.0247. The van der Waals surface area contributed by atoms with Gasteiger partial charge in [-0.2, -0.15) is 0 Å². The molecule has 0 unspecified atom stereocenters. The molecular weight excluding hydrogens is 240 g/mol. The van der Waals surface area contributed by atoms with Gasteiger partial charge < -0.3 is 4.74 Å². The van der Waals surface area contributed by atoms with E-state index >= 15 is 0 Å². The van der Waals surface area contributed by atoms with Gasteiger partial charge >= 0.3 is 0 Å². The molecule has 0 spiro atoms. The van der Waals surface area contributed by atoms with Gasteiger partial charge in [-0.1, -0.05) is 19.1 Å². The van der Waals surface area contributed by atoms with Gasteiger partial charge in [0.1, 0.15) is 0 Å². The van der Waals surface area contributed by atoms with E-state index in [1.165, 1.54) is 12.1 Å². The van der Waals surface area contributed by atoms with Crippen LogP contribution in [0.3, 0.4) is 0 Å². The quantitative estimate of drug-likeness (QED) is 0.760. The lowest BCUT2D eigenvalue weighted by Gasteiger charge is -2.24. The molecule has 1 heterocycles. The van der Waals surface area contributed by atoms with E-state index in [-0.39, 0.29) is 22.3 Å².